The minimum atomic E-state index is -0.0478. The average molecular weight is 283 g/mol. The van der Waals surface area contributed by atoms with Crippen molar-refractivity contribution in [1.82, 2.24) is 0 Å². The molecule has 2 nitrogen and oxygen atoms in total. The van der Waals surface area contributed by atoms with Gasteiger partial charge in [-0.15, -0.1) is 0 Å². The van der Waals surface area contributed by atoms with E-state index in [1.54, 1.807) is 0 Å². The molecule has 0 fully saturated rings. The molecule has 2 heteroatoms. The Morgan fingerprint density at radius 3 is 0.800 bits per heavy atom. The summed E-state index contributed by atoms with van der Waals surface area (Å²) in [6.07, 6.45) is 4.18. The van der Waals surface area contributed by atoms with Crippen molar-refractivity contribution in [3.63, 3.8) is 0 Å². The molecule has 0 aliphatic carbocycles. The van der Waals surface area contributed by atoms with E-state index in [-0.39, 0.29) is 21.9 Å². The van der Waals surface area contributed by atoms with Crippen molar-refractivity contribution in [3.8, 4) is 0 Å². The Balaban J connectivity index is 5.72. The van der Waals surface area contributed by atoms with E-state index in [1.165, 1.54) is 0 Å². The third-order valence-corrected chi connectivity index (χ3v) is 5.56. The fourth-order valence-corrected chi connectivity index (χ4v) is 3.40. The molecule has 0 bridgehead atoms. The molecule has 0 atom stereocenters. The van der Waals surface area contributed by atoms with Crippen LogP contribution in [0.15, 0.2) is 10.2 Å². The zero-order chi connectivity index (χ0) is 16.2. The van der Waals surface area contributed by atoms with Crippen molar-refractivity contribution in [1.29, 1.82) is 0 Å². The number of hydrogen-bond acceptors (Lipinski definition) is 2. The maximum absolute atomic E-state index is 4.97. The molecular formula is C18H38N2. The third kappa shape index (κ3) is 3.62. The van der Waals surface area contributed by atoms with Gasteiger partial charge in [-0.25, -0.2) is 0 Å². The van der Waals surface area contributed by atoms with Crippen molar-refractivity contribution >= 4 is 0 Å². The highest BCUT2D eigenvalue weighted by Crippen LogP contribution is 2.44. The van der Waals surface area contributed by atoms with Crippen molar-refractivity contribution in [2.24, 2.45) is 21.1 Å². The van der Waals surface area contributed by atoms with Crippen molar-refractivity contribution in [2.45, 2.75) is 106 Å². The van der Waals surface area contributed by atoms with E-state index in [0.29, 0.717) is 0 Å². The molecule has 120 valence electrons. The SMILES string of the molecule is CCC(CC)(N=NC(CC)(CC)C(C)(C)C)C(C)(C)C. The zero-order valence-electron chi connectivity index (χ0n) is 15.7. The lowest BCUT2D eigenvalue weighted by Gasteiger charge is -2.43. The van der Waals surface area contributed by atoms with Gasteiger partial charge >= 0.3 is 0 Å². The maximum atomic E-state index is 4.97. The lowest BCUT2D eigenvalue weighted by Crippen LogP contribution is -2.43. The summed E-state index contributed by atoms with van der Waals surface area (Å²) in [5.41, 5.74) is 0.192. The second kappa shape index (κ2) is 6.58. The number of azo groups is 1. The van der Waals surface area contributed by atoms with Gasteiger partial charge in [0.05, 0.1) is 11.1 Å². The first-order valence-corrected chi connectivity index (χ1v) is 8.39. The molecule has 0 heterocycles. The molecule has 20 heavy (non-hydrogen) atoms. The predicted octanol–water partition coefficient (Wildman–Crippen LogP) is 6.65. The van der Waals surface area contributed by atoms with Crippen LogP contribution in [0.1, 0.15) is 94.9 Å². The summed E-state index contributed by atoms with van der Waals surface area (Å²) >= 11 is 0. The topological polar surface area (TPSA) is 24.7 Å². The Labute approximate surface area is 127 Å². The van der Waals surface area contributed by atoms with Crippen LogP contribution in [-0.4, -0.2) is 11.1 Å². The Bertz CT molecular complexity index is 275. The molecule has 0 radical (unpaired) electrons. The van der Waals surface area contributed by atoms with Crippen LogP contribution in [-0.2, 0) is 0 Å². The quantitative estimate of drug-likeness (QED) is 0.487. The second-order valence-corrected chi connectivity index (χ2v) is 8.18. The lowest BCUT2D eigenvalue weighted by atomic mass is 9.70. The fourth-order valence-electron chi connectivity index (χ4n) is 3.40. The Morgan fingerprint density at radius 2 is 0.700 bits per heavy atom. The number of rotatable bonds is 6. The fraction of sp³-hybridized carbons (Fsp3) is 1.00. The van der Waals surface area contributed by atoms with Gasteiger partial charge in [0.1, 0.15) is 0 Å². The highest BCUT2D eigenvalue weighted by molar-refractivity contribution is 4.99. The van der Waals surface area contributed by atoms with E-state index in [1.807, 2.05) is 0 Å². The van der Waals surface area contributed by atoms with Gasteiger partial charge < -0.3 is 0 Å². The molecule has 0 aliphatic heterocycles. The highest BCUT2D eigenvalue weighted by Gasteiger charge is 2.43. The monoisotopic (exact) mass is 282 g/mol. The standard InChI is InChI=1S/C18H38N2/c1-11-17(12-2,15(5,6)7)19-20-18(13-3,14-4)16(8,9)10/h11-14H2,1-10H3. The molecule has 0 rings (SSSR count). The van der Waals surface area contributed by atoms with Crippen LogP contribution < -0.4 is 0 Å². The van der Waals surface area contributed by atoms with Gasteiger partial charge in [-0.1, -0.05) is 69.2 Å². The molecule has 0 saturated carbocycles. The first kappa shape index (κ1) is 19.6. The molecule has 0 aromatic heterocycles. The predicted molar refractivity (Wildman–Crippen MR) is 90.4 cm³/mol. The number of hydrogen-bond donors (Lipinski definition) is 0. The van der Waals surface area contributed by atoms with Crippen molar-refractivity contribution < 1.29 is 0 Å². The summed E-state index contributed by atoms with van der Waals surface area (Å²) in [5.74, 6) is 0. The summed E-state index contributed by atoms with van der Waals surface area (Å²) in [4.78, 5) is 0. The first-order chi connectivity index (χ1) is 8.95. The molecule has 0 N–H and O–H groups in total. The van der Waals surface area contributed by atoms with E-state index in [4.69, 9.17) is 10.2 Å². The van der Waals surface area contributed by atoms with Gasteiger partial charge in [0.2, 0.25) is 0 Å². The van der Waals surface area contributed by atoms with E-state index in [9.17, 15) is 0 Å². The average Bonchev–Trinajstić information content (AvgIpc) is 2.32. The minimum absolute atomic E-state index is 0.0478. The highest BCUT2D eigenvalue weighted by atomic mass is 15.2. The molecular weight excluding hydrogens is 244 g/mol. The first-order valence-electron chi connectivity index (χ1n) is 8.39. The third-order valence-electron chi connectivity index (χ3n) is 5.56. The molecule has 0 saturated heterocycles. The lowest BCUT2D eigenvalue weighted by molar-refractivity contribution is 0.127. The second-order valence-electron chi connectivity index (χ2n) is 8.18. The summed E-state index contributed by atoms with van der Waals surface area (Å²) < 4.78 is 0. The van der Waals surface area contributed by atoms with Gasteiger partial charge in [-0.2, -0.15) is 10.2 Å². The number of nitrogens with zero attached hydrogens (tertiary/aromatic N) is 2. The van der Waals surface area contributed by atoms with Crippen LogP contribution in [0.2, 0.25) is 0 Å². The van der Waals surface area contributed by atoms with E-state index in [0.717, 1.165) is 25.7 Å². The molecule has 0 unspecified atom stereocenters. The van der Waals surface area contributed by atoms with Gasteiger partial charge in [0.15, 0.2) is 0 Å². The van der Waals surface area contributed by atoms with Crippen LogP contribution in [0.3, 0.4) is 0 Å². The molecule has 0 aliphatic rings. The van der Waals surface area contributed by atoms with Crippen LogP contribution in [0.4, 0.5) is 0 Å². The largest absolute Gasteiger partial charge is 0.186 e. The molecule has 0 spiro atoms. The van der Waals surface area contributed by atoms with Gasteiger partial charge in [0, 0.05) is 0 Å². The van der Waals surface area contributed by atoms with Gasteiger partial charge in [-0.3, -0.25) is 0 Å². The summed E-state index contributed by atoms with van der Waals surface area (Å²) in [5, 5.41) is 9.94. The van der Waals surface area contributed by atoms with Crippen LogP contribution in [0.25, 0.3) is 0 Å². The van der Waals surface area contributed by atoms with Crippen LogP contribution in [0.5, 0.6) is 0 Å². The summed E-state index contributed by atoms with van der Waals surface area (Å²) in [6, 6.07) is 0. The van der Waals surface area contributed by atoms with E-state index in [2.05, 4.69) is 69.2 Å². The molecule has 0 aromatic carbocycles. The minimum Gasteiger partial charge on any atom is -0.186 e. The maximum Gasteiger partial charge on any atom is 0.0858 e. The van der Waals surface area contributed by atoms with Crippen molar-refractivity contribution in [3.05, 3.63) is 0 Å². The summed E-state index contributed by atoms with van der Waals surface area (Å²) in [6.45, 7) is 22.7. The van der Waals surface area contributed by atoms with Crippen LogP contribution >= 0.6 is 0 Å². The Kier molecular flexibility index (Phi) is 6.44. The summed E-state index contributed by atoms with van der Waals surface area (Å²) in [7, 11) is 0. The smallest absolute Gasteiger partial charge is 0.0858 e. The van der Waals surface area contributed by atoms with E-state index >= 15 is 0 Å². The Morgan fingerprint density at radius 1 is 0.500 bits per heavy atom. The molecule has 0 aromatic rings. The normalized spacial score (nSPS) is 15.1. The zero-order valence-corrected chi connectivity index (χ0v) is 15.7. The van der Waals surface area contributed by atoms with Gasteiger partial charge in [0.25, 0.3) is 0 Å². The van der Waals surface area contributed by atoms with Crippen molar-refractivity contribution in [2.75, 3.05) is 0 Å². The van der Waals surface area contributed by atoms with Crippen LogP contribution in [0, 0.1) is 10.8 Å². The van der Waals surface area contributed by atoms with E-state index < -0.39 is 0 Å². The molecule has 0 amide bonds. The van der Waals surface area contributed by atoms with Gasteiger partial charge in [-0.05, 0) is 36.5 Å². The Hall–Kier alpha value is -0.400.